The molecule has 9 nitrogen and oxygen atoms in total. The molecule has 3 aromatic carbocycles. The van der Waals surface area contributed by atoms with Gasteiger partial charge in [-0.25, -0.2) is 0 Å². The highest BCUT2D eigenvalue weighted by atomic mass is 16.6. The van der Waals surface area contributed by atoms with E-state index in [1.807, 2.05) is 30.5 Å². The first kappa shape index (κ1) is 25.8. The molecular formula is C30H28N4O5. The molecule has 0 spiro atoms. The van der Waals surface area contributed by atoms with E-state index in [1.54, 1.807) is 36.4 Å². The number of rotatable bonds is 9. The Morgan fingerprint density at radius 1 is 0.897 bits per heavy atom. The maximum Gasteiger partial charge on any atom is 0.269 e. The summed E-state index contributed by atoms with van der Waals surface area (Å²) in [6.07, 6.45) is 2.18. The van der Waals surface area contributed by atoms with Crippen LogP contribution in [-0.2, 0) is 4.79 Å². The van der Waals surface area contributed by atoms with Gasteiger partial charge in [0, 0.05) is 36.2 Å². The van der Waals surface area contributed by atoms with E-state index in [0.717, 1.165) is 22.0 Å². The van der Waals surface area contributed by atoms with Crippen LogP contribution in [0.1, 0.15) is 57.5 Å². The average molecular weight is 525 g/mol. The first-order valence-corrected chi connectivity index (χ1v) is 12.9. The Hall–Kier alpha value is -4.79. The third kappa shape index (κ3) is 4.90. The fourth-order valence-electron chi connectivity index (χ4n) is 5.07. The van der Waals surface area contributed by atoms with E-state index in [2.05, 4.69) is 11.4 Å². The van der Waals surface area contributed by atoms with Crippen molar-refractivity contribution in [2.75, 3.05) is 11.9 Å². The number of hydrogen-bond donors (Lipinski definition) is 1. The summed E-state index contributed by atoms with van der Waals surface area (Å²) in [5, 5.41) is 15.2. The van der Waals surface area contributed by atoms with Crippen molar-refractivity contribution < 1.29 is 19.3 Å². The second-order valence-corrected chi connectivity index (χ2v) is 9.77. The number of aromatic nitrogens is 1. The van der Waals surface area contributed by atoms with Gasteiger partial charge in [-0.15, -0.1) is 0 Å². The average Bonchev–Trinajstić information content (AvgIpc) is 3.33. The molecule has 3 amide bonds. The number of nitrogens with zero attached hydrogens (tertiary/aromatic N) is 3. The predicted octanol–water partition coefficient (Wildman–Crippen LogP) is 5.95. The number of fused-ring (bicyclic) bond motifs is 2. The second-order valence-electron chi connectivity index (χ2n) is 9.77. The number of benzene rings is 3. The molecule has 1 N–H and O–H groups in total. The zero-order valence-electron chi connectivity index (χ0n) is 21.8. The van der Waals surface area contributed by atoms with E-state index in [0.29, 0.717) is 48.4 Å². The number of carbonyl (C=O) groups is 3. The van der Waals surface area contributed by atoms with Gasteiger partial charge in [-0.3, -0.25) is 34.0 Å². The molecule has 0 unspecified atom stereocenters. The lowest BCUT2D eigenvalue weighted by Gasteiger charge is -2.14. The normalized spacial score (nSPS) is 12.7. The monoisotopic (exact) mass is 524 g/mol. The van der Waals surface area contributed by atoms with Crippen molar-refractivity contribution in [3.63, 3.8) is 0 Å². The Bertz CT molecular complexity index is 1590. The van der Waals surface area contributed by atoms with Crippen molar-refractivity contribution in [2.24, 2.45) is 0 Å². The molecular weight excluding hydrogens is 496 g/mol. The topological polar surface area (TPSA) is 115 Å². The molecule has 0 bridgehead atoms. The molecule has 198 valence electrons. The fraction of sp³-hybridized carbons (Fsp3) is 0.233. The molecule has 0 saturated carbocycles. The largest absolute Gasteiger partial charge is 0.312 e. The molecule has 0 atom stereocenters. The smallest absolute Gasteiger partial charge is 0.269 e. The summed E-state index contributed by atoms with van der Waals surface area (Å²) in [7, 11) is 0. The molecule has 1 aromatic heterocycles. The van der Waals surface area contributed by atoms with E-state index in [1.165, 1.54) is 17.0 Å². The number of carbonyl (C=O) groups excluding carboxylic acids is 3. The lowest BCUT2D eigenvalue weighted by molar-refractivity contribution is -0.384. The molecule has 0 aliphatic carbocycles. The van der Waals surface area contributed by atoms with Gasteiger partial charge in [0.05, 0.1) is 21.6 Å². The highest BCUT2D eigenvalue weighted by Gasteiger charge is 2.34. The summed E-state index contributed by atoms with van der Waals surface area (Å²) < 4.78 is 1.91. The van der Waals surface area contributed by atoms with Crippen molar-refractivity contribution in [2.45, 2.75) is 39.5 Å². The van der Waals surface area contributed by atoms with Crippen molar-refractivity contribution >= 4 is 40.1 Å². The third-order valence-corrected chi connectivity index (χ3v) is 7.12. The van der Waals surface area contributed by atoms with Gasteiger partial charge < -0.3 is 5.32 Å². The minimum absolute atomic E-state index is 0.00502. The summed E-state index contributed by atoms with van der Waals surface area (Å²) in [6.45, 7) is 4.27. The van der Waals surface area contributed by atoms with Gasteiger partial charge in [0.2, 0.25) is 5.91 Å². The Morgan fingerprint density at radius 2 is 1.56 bits per heavy atom. The summed E-state index contributed by atoms with van der Waals surface area (Å²) in [6, 6.07) is 19.1. The van der Waals surface area contributed by atoms with Crippen molar-refractivity contribution in [3.8, 4) is 5.69 Å². The molecule has 0 radical (unpaired) electrons. The molecule has 9 heteroatoms. The number of unbranched alkanes of at least 4 members (excludes halogenated alkanes) is 2. The van der Waals surface area contributed by atoms with Gasteiger partial charge in [-0.2, -0.15) is 0 Å². The van der Waals surface area contributed by atoms with Crippen molar-refractivity contribution in [1.29, 1.82) is 0 Å². The Kier molecular flexibility index (Phi) is 6.98. The van der Waals surface area contributed by atoms with E-state index in [-0.39, 0.29) is 29.8 Å². The number of aryl methyl sites for hydroxylation is 2. The highest BCUT2D eigenvalue weighted by molar-refractivity contribution is 6.21. The second kappa shape index (κ2) is 10.5. The van der Waals surface area contributed by atoms with Crippen LogP contribution in [0, 0.1) is 24.0 Å². The molecule has 1 aliphatic rings. The Morgan fingerprint density at radius 3 is 2.21 bits per heavy atom. The number of imide groups is 1. The number of non-ortho nitro benzene ring substituents is 1. The molecule has 2 heterocycles. The van der Waals surface area contributed by atoms with Crippen molar-refractivity contribution in [1.82, 2.24) is 9.47 Å². The van der Waals surface area contributed by atoms with Gasteiger partial charge in [0.1, 0.15) is 5.82 Å². The number of anilines is 1. The number of amides is 3. The van der Waals surface area contributed by atoms with Crippen LogP contribution in [0.4, 0.5) is 11.5 Å². The van der Waals surface area contributed by atoms with Gasteiger partial charge in [0.25, 0.3) is 17.5 Å². The number of nitrogens with one attached hydrogen (secondary N) is 1. The Labute approximate surface area is 225 Å². The number of hydrogen-bond acceptors (Lipinski definition) is 5. The number of nitro benzene ring substituents is 1. The van der Waals surface area contributed by atoms with E-state index in [4.69, 9.17) is 0 Å². The Balaban J connectivity index is 1.25. The van der Waals surface area contributed by atoms with Crippen LogP contribution in [0.3, 0.4) is 0 Å². The van der Waals surface area contributed by atoms with Crippen LogP contribution >= 0.6 is 0 Å². The van der Waals surface area contributed by atoms with Gasteiger partial charge in [-0.1, -0.05) is 30.2 Å². The summed E-state index contributed by atoms with van der Waals surface area (Å²) in [4.78, 5) is 50.0. The minimum atomic E-state index is -0.441. The van der Waals surface area contributed by atoms with Crippen LogP contribution in [0.25, 0.3) is 16.6 Å². The van der Waals surface area contributed by atoms with Crippen LogP contribution in [0.15, 0.2) is 66.7 Å². The summed E-state index contributed by atoms with van der Waals surface area (Å²) >= 11 is 0. The van der Waals surface area contributed by atoms with Crippen molar-refractivity contribution in [3.05, 3.63) is 99.1 Å². The van der Waals surface area contributed by atoms with Crippen LogP contribution in [-0.4, -0.2) is 38.7 Å². The zero-order valence-corrected chi connectivity index (χ0v) is 21.8. The molecule has 1 aliphatic heterocycles. The van der Waals surface area contributed by atoms with E-state index < -0.39 is 4.92 Å². The third-order valence-electron chi connectivity index (χ3n) is 7.12. The quantitative estimate of drug-likeness (QED) is 0.126. The minimum Gasteiger partial charge on any atom is -0.312 e. The van der Waals surface area contributed by atoms with Gasteiger partial charge >= 0.3 is 0 Å². The predicted molar refractivity (Wildman–Crippen MR) is 148 cm³/mol. The van der Waals surface area contributed by atoms with Crippen LogP contribution < -0.4 is 5.32 Å². The first-order chi connectivity index (χ1) is 18.8. The van der Waals surface area contributed by atoms with E-state index >= 15 is 0 Å². The molecule has 0 fully saturated rings. The standard InChI is InChI=1S/C30H28N4O5/c1-19-11-16-26-25(18-19)20(2)28(33(26)21-12-14-22(15-13-21)34(38)39)31-27(35)10-4-3-7-17-32-29(36)23-8-5-6-9-24(23)30(32)37/h5-6,8-9,11-16,18H,3-4,7,10,17H2,1-2H3,(H,31,35). The highest BCUT2D eigenvalue weighted by Crippen LogP contribution is 2.34. The maximum atomic E-state index is 13.0. The summed E-state index contributed by atoms with van der Waals surface area (Å²) in [5.41, 5.74) is 4.47. The molecule has 39 heavy (non-hydrogen) atoms. The first-order valence-electron chi connectivity index (χ1n) is 12.9. The van der Waals surface area contributed by atoms with Crippen LogP contribution in [0.2, 0.25) is 0 Å². The maximum absolute atomic E-state index is 13.0. The molecule has 0 saturated heterocycles. The van der Waals surface area contributed by atoms with Crippen LogP contribution in [0.5, 0.6) is 0 Å². The van der Waals surface area contributed by atoms with Gasteiger partial charge in [0.15, 0.2) is 0 Å². The molecule has 4 aromatic rings. The lowest BCUT2D eigenvalue weighted by Crippen LogP contribution is -2.30. The van der Waals surface area contributed by atoms with Gasteiger partial charge in [-0.05, 0) is 68.7 Å². The lowest BCUT2D eigenvalue weighted by atomic mass is 10.1. The SMILES string of the molecule is Cc1ccc2c(c1)c(C)c(NC(=O)CCCCCN1C(=O)c3ccccc3C1=O)n2-c1ccc([N+](=O)[O-])cc1. The number of nitro groups is 1. The fourth-order valence-corrected chi connectivity index (χ4v) is 5.07. The zero-order chi connectivity index (χ0) is 27.7. The molecule has 5 rings (SSSR count). The summed E-state index contributed by atoms with van der Waals surface area (Å²) in [5.74, 6) is -0.0572. The van der Waals surface area contributed by atoms with E-state index in [9.17, 15) is 24.5 Å².